The highest BCUT2D eigenvalue weighted by atomic mass is 19.1. The Hall–Kier alpha value is -3.04. The minimum atomic E-state index is -0.538. The number of nitrogens with one attached hydrogen (secondary N) is 1. The van der Waals surface area contributed by atoms with Crippen molar-refractivity contribution in [3.05, 3.63) is 53.3 Å². The van der Waals surface area contributed by atoms with Gasteiger partial charge in [0.05, 0.1) is 24.4 Å². The first-order valence-electron chi connectivity index (χ1n) is 11.3. The smallest absolute Gasteiger partial charge is 0.231 e. The molecule has 3 aliphatic rings. The van der Waals surface area contributed by atoms with E-state index < -0.39 is 5.92 Å². The summed E-state index contributed by atoms with van der Waals surface area (Å²) in [5.74, 6) is -0.389. The van der Waals surface area contributed by atoms with Crippen molar-refractivity contribution in [2.45, 2.75) is 50.6 Å². The molecule has 4 atom stereocenters. The van der Waals surface area contributed by atoms with Crippen molar-refractivity contribution in [2.24, 2.45) is 11.8 Å². The third kappa shape index (κ3) is 3.71. The van der Waals surface area contributed by atoms with Crippen LogP contribution in [0.4, 0.5) is 10.1 Å². The quantitative estimate of drug-likeness (QED) is 0.755. The Morgan fingerprint density at radius 1 is 1.25 bits per heavy atom. The number of carbonyl (C=O) groups excluding carboxylic acids is 2. The zero-order valence-electron chi connectivity index (χ0n) is 18.1. The van der Waals surface area contributed by atoms with E-state index in [4.69, 9.17) is 0 Å². The average Bonchev–Trinajstić information content (AvgIpc) is 3.50. The number of nitriles is 1. The van der Waals surface area contributed by atoms with Crippen molar-refractivity contribution in [2.75, 3.05) is 11.9 Å². The minimum Gasteiger partial charge on any atom is -0.315 e. The average molecular weight is 432 g/mol. The molecule has 5 nitrogen and oxygen atoms in total. The number of likely N-dealkylation sites (N-methyl/N-ethyl adjacent to an activating group) is 1. The maximum absolute atomic E-state index is 14.9. The summed E-state index contributed by atoms with van der Waals surface area (Å²) < 4.78 is 14.9. The number of ketones is 1. The molecule has 0 unspecified atom stereocenters. The normalized spacial score (nSPS) is 24.5. The van der Waals surface area contributed by atoms with Gasteiger partial charge in [-0.2, -0.15) is 5.26 Å². The second-order valence-corrected chi connectivity index (χ2v) is 9.39. The molecule has 1 saturated heterocycles. The molecule has 2 heterocycles. The molecule has 5 rings (SSSR count). The number of fused-ring (bicyclic) bond motifs is 3. The molecular weight excluding hydrogens is 405 g/mol. The van der Waals surface area contributed by atoms with Crippen LogP contribution in [0, 0.1) is 29.0 Å². The molecule has 2 fully saturated rings. The van der Waals surface area contributed by atoms with Crippen LogP contribution < -0.4 is 10.2 Å². The molecule has 0 spiro atoms. The van der Waals surface area contributed by atoms with Crippen LogP contribution in [0.1, 0.15) is 36.8 Å². The second-order valence-electron chi connectivity index (χ2n) is 9.39. The second kappa shape index (κ2) is 8.14. The van der Waals surface area contributed by atoms with E-state index in [0.29, 0.717) is 23.9 Å². The lowest BCUT2D eigenvalue weighted by Crippen LogP contribution is -2.42. The molecule has 1 amide bonds. The number of piperidine rings is 1. The first-order chi connectivity index (χ1) is 15.4. The molecule has 1 N–H and O–H groups in total. The Morgan fingerprint density at radius 3 is 2.72 bits per heavy atom. The van der Waals surface area contributed by atoms with Gasteiger partial charge in [-0.05, 0) is 66.0 Å². The van der Waals surface area contributed by atoms with Gasteiger partial charge in [-0.3, -0.25) is 9.59 Å². The lowest BCUT2D eigenvalue weighted by molar-refractivity contribution is -0.122. The van der Waals surface area contributed by atoms with Crippen LogP contribution >= 0.6 is 0 Å². The number of benzene rings is 2. The standard InChI is InChI=1S/C26H26FN3O2/c1-30-23-12-17(3-5-19(23)13-25(30)32)16-2-4-18(22(27)11-16)8-15(14-28)9-24(31)26-20-6-7-21(10-20)29-26/h2-5,11-12,15,20-21,26,29H,6-10,13H2,1H3/t15-,20+,21-,26+/m1/s1. The Labute approximate surface area is 187 Å². The van der Waals surface area contributed by atoms with Crippen LogP contribution in [0.15, 0.2) is 36.4 Å². The number of hydrogen-bond donors (Lipinski definition) is 1. The lowest BCUT2D eigenvalue weighted by Gasteiger charge is -2.22. The molecule has 32 heavy (non-hydrogen) atoms. The fourth-order valence-corrected chi connectivity index (χ4v) is 5.53. The van der Waals surface area contributed by atoms with Gasteiger partial charge < -0.3 is 10.2 Å². The summed E-state index contributed by atoms with van der Waals surface area (Å²) in [6.45, 7) is 0. The number of carbonyl (C=O) groups is 2. The summed E-state index contributed by atoms with van der Waals surface area (Å²) in [6, 6.07) is 13.3. The SMILES string of the molecule is CN1C(=O)Cc2ccc(-c3ccc(C[C@@H](C#N)CC(=O)[C@H]4N[C@@H]5CC[C@H]4C5)c(F)c3)cc21. The summed E-state index contributed by atoms with van der Waals surface area (Å²) >= 11 is 0. The van der Waals surface area contributed by atoms with Gasteiger partial charge >= 0.3 is 0 Å². The number of halogens is 1. The van der Waals surface area contributed by atoms with Gasteiger partial charge in [-0.1, -0.05) is 24.3 Å². The zero-order valence-corrected chi connectivity index (χ0v) is 18.1. The van der Waals surface area contributed by atoms with Crippen LogP contribution in [0.2, 0.25) is 0 Å². The molecule has 0 aromatic heterocycles. The predicted molar refractivity (Wildman–Crippen MR) is 119 cm³/mol. The van der Waals surface area contributed by atoms with E-state index in [0.717, 1.165) is 41.6 Å². The van der Waals surface area contributed by atoms with Crippen molar-refractivity contribution >= 4 is 17.4 Å². The minimum absolute atomic E-state index is 0.0522. The van der Waals surface area contributed by atoms with Crippen molar-refractivity contribution < 1.29 is 14.0 Å². The van der Waals surface area contributed by atoms with Crippen LogP contribution in [0.25, 0.3) is 11.1 Å². The summed E-state index contributed by atoms with van der Waals surface area (Å²) in [4.78, 5) is 26.3. The molecule has 2 aromatic carbocycles. The van der Waals surface area contributed by atoms with Crippen LogP contribution in [-0.4, -0.2) is 30.8 Å². The fraction of sp³-hybridized carbons (Fsp3) is 0.423. The number of Topliss-reactive ketones (excluding diaryl/α,β-unsaturated/α-hetero) is 1. The van der Waals surface area contributed by atoms with Gasteiger partial charge in [-0.15, -0.1) is 0 Å². The Kier molecular flexibility index (Phi) is 5.30. The van der Waals surface area contributed by atoms with Gasteiger partial charge in [-0.25, -0.2) is 4.39 Å². The molecule has 2 bridgehead atoms. The summed E-state index contributed by atoms with van der Waals surface area (Å²) in [5.41, 5.74) is 3.84. The Bertz CT molecular complexity index is 1140. The zero-order chi connectivity index (χ0) is 22.4. The summed E-state index contributed by atoms with van der Waals surface area (Å²) in [6.07, 6.45) is 4.03. The van der Waals surface area contributed by atoms with E-state index >= 15 is 0 Å². The molecule has 164 valence electrons. The van der Waals surface area contributed by atoms with Gasteiger partial charge in [0.1, 0.15) is 5.82 Å². The molecule has 2 aromatic rings. The molecule has 6 heteroatoms. The van der Waals surface area contributed by atoms with Crippen molar-refractivity contribution in [1.29, 1.82) is 5.26 Å². The van der Waals surface area contributed by atoms with E-state index in [1.165, 1.54) is 6.07 Å². The maximum atomic E-state index is 14.9. The van der Waals surface area contributed by atoms with Crippen LogP contribution in [0.5, 0.6) is 0 Å². The summed E-state index contributed by atoms with van der Waals surface area (Å²) in [7, 11) is 1.75. The highest BCUT2D eigenvalue weighted by molar-refractivity contribution is 6.01. The summed E-state index contributed by atoms with van der Waals surface area (Å²) in [5, 5.41) is 13.0. The number of amides is 1. The van der Waals surface area contributed by atoms with Crippen molar-refractivity contribution in [1.82, 2.24) is 5.32 Å². The highest BCUT2D eigenvalue weighted by Gasteiger charge is 2.42. The van der Waals surface area contributed by atoms with E-state index in [-0.39, 0.29) is 36.4 Å². The fourth-order valence-electron chi connectivity index (χ4n) is 5.53. The van der Waals surface area contributed by atoms with E-state index in [9.17, 15) is 19.2 Å². The Balaban J connectivity index is 1.29. The Morgan fingerprint density at radius 2 is 2.03 bits per heavy atom. The molecular formula is C26H26FN3O2. The third-order valence-corrected chi connectivity index (χ3v) is 7.35. The number of hydrogen-bond acceptors (Lipinski definition) is 4. The largest absolute Gasteiger partial charge is 0.315 e. The monoisotopic (exact) mass is 431 g/mol. The highest BCUT2D eigenvalue weighted by Crippen LogP contribution is 2.37. The van der Waals surface area contributed by atoms with Gasteiger partial charge in [0.2, 0.25) is 5.91 Å². The van der Waals surface area contributed by atoms with Gasteiger partial charge in [0, 0.05) is 25.2 Å². The molecule has 2 aliphatic heterocycles. The maximum Gasteiger partial charge on any atom is 0.231 e. The first kappa shape index (κ1) is 20.8. The molecule has 1 aliphatic carbocycles. The first-order valence-corrected chi connectivity index (χ1v) is 11.3. The van der Waals surface area contributed by atoms with Gasteiger partial charge in [0.15, 0.2) is 5.78 Å². The van der Waals surface area contributed by atoms with E-state index in [2.05, 4.69) is 11.4 Å². The molecule has 1 saturated carbocycles. The predicted octanol–water partition coefficient (Wildman–Crippen LogP) is 3.79. The van der Waals surface area contributed by atoms with E-state index in [1.807, 2.05) is 24.3 Å². The van der Waals surface area contributed by atoms with Gasteiger partial charge in [0.25, 0.3) is 0 Å². The van der Waals surface area contributed by atoms with Crippen LogP contribution in [-0.2, 0) is 22.4 Å². The number of rotatable bonds is 6. The number of anilines is 1. The van der Waals surface area contributed by atoms with Crippen LogP contribution in [0.3, 0.4) is 0 Å². The van der Waals surface area contributed by atoms with E-state index in [1.54, 1.807) is 18.0 Å². The third-order valence-electron chi connectivity index (χ3n) is 7.35. The molecule has 0 radical (unpaired) electrons. The topological polar surface area (TPSA) is 73.2 Å². The lowest BCUT2D eigenvalue weighted by atomic mass is 9.88. The number of nitrogens with zero attached hydrogens (tertiary/aromatic N) is 2. The van der Waals surface area contributed by atoms with Crippen molar-refractivity contribution in [3.8, 4) is 17.2 Å². The van der Waals surface area contributed by atoms with Crippen molar-refractivity contribution in [3.63, 3.8) is 0 Å².